The van der Waals surface area contributed by atoms with Gasteiger partial charge in [-0.15, -0.1) is 11.3 Å². The lowest BCUT2D eigenvalue weighted by Gasteiger charge is -2.31. The Morgan fingerprint density at radius 2 is 2.21 bits per heavy atom. The van der Waals surface area contributed by atoms with Crippen LogP contribution in [0.25, 0.3) is 0 Å². The highest BCUT2D eigenvalue weighted by Crippen LogP contribution is 2.30. The average Bonchev–Trinajstić information content (AvgIpc) is 2.70. The molecule has 2 heterocycles. The van der Waals surface area contributed by atoms with Gasteiger partial charge in [0.05, 0.1) is 4.90 Å². The lowest BCUT2D eigenvalue weighted by molar-refractivity contribution is 0.203. The van der Waals surface area contributed by atoms with Gasteiger partial charge in [-0.25, -0.2) is 8.42 Å². The molecular formula is C13H21NO3S2. The highest BCUT2D eigenvalue weighted by atomic mass is 32.2. The average molecular weight is 303 g/mol. The first kappa shape index (κ1) is 15.0. The van der Waals surface area contributed by atoms with E-state index >= 15 is 0 Å². The van der Waals surface area contributed by atoms with Gasteiger partial charge in [-0.05, 0) is 45.1 Å². The molecule has 4 nitrogen and oxygen atoms in total. The van der Waals surface area contributed by atoms with Gasteiger partial charge in [-0.1, -0.05) is 0 Å². The Kier molecular flexibility index (Phi) is 4.66. The molecule has 0 saturated carbocycles. The predicted octanol–water partition coefficient (Wildman–Crippen LogP) is 2.15. The van der Waals surface area contributed by atoms with Crippen LogP contribution in [-0.4, -0.2) is 37.5 Å². The molecule has 0 spiro atoms. The summed E-state index contributed by atoms with van der Waals surface area (Å²) in [7, 11) is -3.36. The van der Waals surface area contributed by atoms with E-state index in [1.54, 1.807) is 10.4 Å². The number of hydrogen-bond donors (Lipinski definition) is 1. The largest absolute Gasteiger partial charge is 0.396 e. The van der Waals surface area contributed by atoms with Crippen LogP contribution in [0.3, 0.4) is 0 Å². The quantitative estimate of drug-likeness (QED) is 0.927. The van der Waals surface area contributed by atoms with E-state index in [-0.39, 0.29) is 12.5 Å². The van der Waals surface area contributed by atoms with Crippen molar-refractivity contribution in [2.75, 3.05) is 19.7 Å². The summed E-state index contributed by atoms with van der Waals surface area (Å²) in [6, 6.07) is 1.77. The molecule has 1 aliphatic heterocycles. The van der Waals surface area contributed by atoms with E-state index in [9.17, 15) is 8.42 Å². The number of rotatable bonds is 4. The molecule has 1 atom stereocenters. The van der Waals surface area contributed by atoms with Gasteiger partial charge in [-0.3, -0.25) is 0 Å². The molecule has 1 unspecified atom stereocenters. The summed E-state index contributed by atoms with van der Waals surface area (Å²) in [6.45, 7) is 5.06. The van der Waals surface area contributed by atoms with Crippen LogP contribution in [-0.2, 0) is 10.0 Å². The van der Waals surface area contributed by atoms with Gasteiger partial charge in [0.15, 0.2) is 0 Å². The molecule has 0 radical (unpaired) electrons. The fourth-order valence-electron chi connectivity index (χ4n) is 2.67. The highest BCUT2D eigenvalue weighted by Gasteiger charge is 2.31. The molecule has 108 valence electrons. The van der Waals surface area contributed by atoms with Crippen molar-refractivity contribution < 1.29 is 13.5 Å². The molecular weight excluding hydrogens is 282 g/mol. The molecule has 0 bridgehead atoms. The lowest BCUT2D eigenvalue weighted by atomic mass is 9.97. The highest BCUT2D eigenvalue weighted by molar-refractivity contribution is 7.89. The topological polar surface area (TPSA) is 57.6 Å². The van der Waals surface area contributed by atoms with Crippen molar-refractivity contribution in [1.82, 2.24) is 4.31 Å². The van der Waals surface area contributed by atoms with Crippen molar-refractivity contribution in [3.8, 4) is 0 Å². The van der Waals surface area contributed by atoms with E-state index in [0.29, 0.717) is 24.4 Å². The maximum absolute atomic E-state index is 12.6. The zero-order valence-corrected chi connectivity index (χ0v) is 13.1. The SMILES string of the molecule is Cc1cc(S(=O)(=O)N2CCCC(CCO)C2)c(C)s1. The second kappa shape index (κ2) is 5.91. The smallest absolute Gasteiger partial charge is 0.244 e. The van der Waals surface area contributed by atoms with Crippen LogP contribution in [0, 0.1) is 19.8 Å². The summed E-state index contributed by atoms with van der Waals surface area (Å²) in [5.74, 6) is 0.286. The van der Waals surface area contributed by atoms with Crippen molar-refractivity contribution in [2.24, 2.45) is 5.92 Å². The molecule has 0 amide bonds. The maximum Gasteiger partial charge on any atom is 0.244 e. The number of piperidine rings is 1. The summed E-state index contributed by atoms with van der Waals surface area (Å²) in [5.41, 5.74) is 0. The first-order valence-corrected chi connectivity index (χ1v) is 8.89. The van der Waals surface area contributed by atoms with Crippen LogP contribution in [0.1, 0.15) is 29.0 Å². The molecule has 1 aromatic rings. The molecule has 1 aromatic heterocycles. The summed E-state index contributed by atoms with van der Waals surface area (Å²) < 4.78 is 26.9. The van der Waals surface area contributed by atoms with E-state index in [0.717, 1.165) is 22.6 Å². The Morgan fingerprint density at radius 3 is 2.79 bits per heavy atom. The first-order chi connectivity index (χ1) is 8.95. The maximum atomic E-state index is 12.6. The van der Waals surface area contributed by atoms with Crippen LogP contribution in [0.15, 0.2) is 11.0 Å². The van der Waals surface area contributed by atoms with Crippen molar-refractivity contribution in [3.63, 3.8) is 0 Å². The molecule has 1 N–H and O–H groups in total. The standard InChI is InChI=1S/C13H21NO3S2/c1-10-8-13(11(2)18-10)19(16,17)14-6-3-4-12(9-14)5-7-15/h8,12,15H,3-7,9H2,1-2H3. The fraction of sp³-hybridized carbons (Fsp3) is 0.692. The Balaban J connectivity index is 2.22. The Labute approximate surface area is 119 Å². The van der Waals surface area contributed by atoms with Crippen LogP contribution in [0.4, 0.5) is 0 Å². The minimum absolute atomic E-state index is 0.134. The second-order valence-corrected chi connectivity index (χ2v) is 8.53. The molecule has 2 rings (SSSR count). The monoisotopic (exact) mass is 303 g/mol. The van der Waals surface area contributed by atoms with E-state index in [4.69, 9.17) is 5.11 Å². The Bertz CT molecular complexity index is 534. The summed E-state index contributed by atoms with van der Waals surface area (Å²) in [6.07, 6.45) is 2.58. The van der Waals surface area contributed by atoms with Crippen LogP contribution >= 0.6 is 11.3 Å². The normalized spacial score (nSPS) is 21.7. The minimum Gasteiger partial charge on any atom is -0.396 e. The summed E-state index contributed by atoms with van der Waals surface area (Å²) in [5, 5.41) is 9.01. The van der Waals surface area contributed by atoms with Crippen molar-refractivity contribution in [2.45, 2.75) is 38.0 Å². The van der Waals surface area contributed by atoms with Crippen molar-refractivity contribution >= 4 is 21.4 Å². The summed E-state index contributed by atoms with van der Waals surface area (Å²) >= 11 is 1.53. The van der Waals surface area contributed by atoms with E-state index in [1.807, 2.05) is 13.8 Å². The van der Waals surface area contributed by atoms with Gasteiger partial charge < -0.3 is 5.11 Å². The van der Waals surface area contributed by atoms with Gasteiger partial charge in [0, 0.05) is 29.5 Å². The fourth-order valence-corrected chi connectivity index (χ4v) is 5.74. The molecule has 6 heteroatoms. The zero-order valence-electron chi connectivity index (χ0n) is 11.4. The number of aliphatic hydroxyl groups excluding tert-OH is 1. The van der Waals surface area contributed by atoms with Crippen LogP contribution in [0.5, 0.6) is 0 Å². The van der Waals surface area contributed by atoms with E-state index < -0.39 is 10.0 Å². The molecule has 1 aliphatic rings. The molecule has 1 fully saturated rings. The Hall–Kier alpha value is -0.430. The molecule has 0 aromatic carbocycles. The lowest BCUT2D eigenvalue weighted by Crippen LogP contribution is -2.40. The first-order valence-electron chi connectivity index (χ1n) is 6.63. The van der Waals surface area contributed by atoms with Gasteiger partial charge in [0.1, 0.15) is 0 Å². The Morgan fingerprint density at radius 1 is 1.47 bits per heavy atom. The number of nitrogens with zero attached hydrogens (tertiary/aromatic N) is 1. The van der Waals surface area contributed by atoms with Crippen LogP contribution in [0.2, 0.25) is 0 Å². The van der Waals surface area contributed by atoms with Crippen molar-refractivity contribution in [3.05, 3.63) is 15.8 Å². The van der Waals surface area contributed by atoms with Gasteiger partial charge >= 0.3 is 0 Å². The minimum atomic E-state index is -3.36. The molecule has 1 saturated heterocycles. The number of thiophene rings is 1. The predicted molar refractivity (Wildman–Crippen MR) is 77.0 cm³/mol. The third-order valence-electron chi connectivity index (χ3n) is 3.63. The number of aryl methyl sites for hydroxylation is 2. The third kappa shape index (κ3) is 3.18. The summed E-state index contributed by atoms with van der Waals surface area (Å²) in [4.78, 5) is 2.35. The van der Waals surface area contributed by atoms with Gasteiger partial charge in [-0.2, -0.15) is 4.31 Å². The second-order valence-electron chi connectivity index (χ2n) is 5.16. The number of hydrogen-bond acceptors (Lipinski definition) is 4. The van der Waals surface area contributed by atoms with E-state index in [2.05, 4.69) is 0 Å². The van der Waals surface area contributed by atoms with Gasteiger partial charge in [0.25, 0.3) is 0 Å². The zero-order chi connectivity index (χ0) is 14.0. The van der Waals surface area contributed by atoms with Gasteiger partial charge in [0.2, 0.25) is 10.0 Å². The van der Waals surface area contributed by atoms with Crippen molar-refractivity contribution in [1.29, 1.82) is 0 Å². The molecule has 0 aliphatic carbocycles. The van der Waals surface area contributed by atoms with E-state index in [1.165, 1.54) is 11.3 Å². The molecule has 19 heavy (non-hydrogen) atoms. The van der Waals surface area contributed by atoms with Crippen LogP contribution < -0.4 is 0 Å². The number of aliphatic hydroxyl groups is 1. The number of sulfonamides is 1. The third-order valence-corrected chi connectivity index (χ3v) is 6.72.